The van der Waals surface area contributed by atoms with Crippen LogP contribution in [-0.4, -0.2) is 69.6 Å². The lowest BCUT2D eigenvalue weighted by Crippen LogP contribution is -2.36. The van der Waals surface area contributed by atoms with Crippen molar-refractivity contribution in [2.24, 2.45) is 5.92 Å². The van der Waals surface area contributed by atoms with Crippen LogP contribution in [0.5, 0.6) is 0 Å². The summed E-state index contributed by atoms with van der Waals surface area (Å²) < 4.78 is 0. The van der Waals surface area contributed by atoms with E-state index in [0.29, 0.717) is 23.3 Å². The molecule has 1 amide bonds. The maximum atomic E-state index is 13.1. The van der Waals surface area contributed by atoms with Gasteiger partial charge in [-0.3, -0.25) is 4.79 Å². The van der Waals surface area contributed by atoms with Gasteiger partial charge in [-0.15, -0.1) is 10.2 Å². The quantitative estimate of drug-likeness (QED) is 0.903. The van der Waals surface area contributed by atoms with Gasteiger partial charge in [-0.05, 0) is 37.7 Å². The lowest BCUT2D eigenvalue weighted by molar-refractivity contribution is 0.0781. The Kier molecular flexibility index (Phi) is 4.89. The molecule has 0 radical (unpaired) electrons. The summed E-state index contributed by atoms with van der Waals surface area (Å²) in [4.78, 5) is 17.3. The number of carbonyl (C=O) groups excluding carboxylic acids is 1. The van der Waals surface area contributed by atoms with E-state index >= 15 is 0 Å². The molecule has 1 aliphatic rings. The number of nitrogens with zero attached hydrogens (tertiary/aromatic N) is 5. The average Bonchev–Trinajstić information content (AvgIpc) is 3.24. The molecule has 0 bridgehead atoms. The van der Waals surface area contributed by atoms with Crippen LogP contribution in [0.1, 0.15) is 30.1 Å². The second-order valence-corrected chi connectivity index (χ2v) is 6.57. The van der Waals surface area contributed by atoms with E-state index in [1.54, 1.807) is 0 Å². The average molecular weight is 328 g/mol. The number of hydrogen-bond donors (Lipinski definition) is 1. The van der Waals surface area contributed by atoms with Gasteiger partial charge in [-0.25, -0.2) is 0 Å². The molecule has 7 heteroatoms. The molecule has 3 rings (SSSR count). The summed E-state index contributed by atoms with van der Waals surface area (Å²) in [7, 11) is 4.18. The Morgan fingerprint density at radius 2 is 2.12 bits per heavy atom. The minimum atomic E-state index is 0.0425. The van der Waals surface area contributed by atoms with Crippen molar-refractivity contribution in [1.29, 1.82) is 0 Å². The first-order chi connectivity index (χ1) is 11.6. The van der Waals surface area contributed by atoms with Crippen molar-refractivity contribution in [2.45, 2.75) is 25.8 Å². The molecule has 0 aliphatic carbocycles. The Bertz CT molecular complexity index is 684. The predicted molar refractivity (Wildman–Crippen MR) is 91.4 cm³/mol. The van der Waals surface area contributed by atoms with Gasteiger partial charge >= 0.3 is 0 Å². The van der Waals surface area contributed by atoms with Crippen molar-refractivity contribution in [3.05, 3.63) is 29.8 Å². The molecule has 1 aromatic heterocycles. The Morgan fingerprint density at radius 3 is 2.79 bits per heavy atom. The summed E-state index contributed by atoms with van der Waals surface area (Å²) in [6.45, 7) is 3.76. The van der Waals surface area contributed by atoms with E-state index in [9.17, 15) is 4.79 Å². The van der Waals surface area contributed by atoms with Gasteiger partial charge in [0.15, 0.2) is 0 Å². The SMILES string of the molecule is CCC[C@@H]1CN(C(=O)c2ccccc2-c2nn[nH]n2)C[C@H]1N(C)C. The third kappa shape index (κ3) is 3.17. The fourth-order valence-corrected chi connectivity index (χ4v) is 3.57. The van der Waals surface area contributed by atoms with Crippen LogP contribution in [-0.2, 0) is 0 Å². The van der Waals surface area contributed by atoms with Crippen molar-refractivity contribution in [3.8, 4) is 11.4 Å². The Hall–Kier alpha value is -2.28. The Labute approximate surface area is 142 Å². The Balaban J connectivity index is 1.85. The minimum Gasteiger partial charge on any atom is -0.337 e. The van der Waals surface area contributed by atoms with Crippen LogP contribution in [0.2, 0.25) is 0 Å². The van der Waals surface area contributed by atoms with Gasteiger partial charge in [0.05, 0.1) is 5.56 Å². The smallest absolute Gasteiger partial charge is 0.254 e. The first kappa shape index (κ1) is 16.6. The third-order valence-corrected chi connectivity index (χ3v) is 4.76. The van der Waals surface area contributed by atoms with Gasteiger partial charge in [-0.1, -0.05) is 31.5 Å². The summed E-state index contributed by atoms with van der Waals surface area (Å²) >= 11 is 0. The molecule has 2 atom stereocenters. The van der Waals surface area contributed by atoms with Crippen LogP contribution in [0, 0.1) is 5.92 Å². The molecule has 7 nitrogen and oxygen atoms in total. The molecule has 2 heterocycles. The molecule has 1 fully saturated rings. The monoisotopic (exact) mass is 328 g/mol. The Morgan fingerprint density at radius 1 is 1.33 bits per heavy atom. The summed E-state index contributed by atoms with van der Waals surface area (Å²) in [6.07, 6.45) is 2.27. The number of amides is 1. The van der Waals surface area contributed by atoms with Gasteiger partial charge < -0.3 is 9.80 Å². The van der Waals surface area contributed by atoms with E-state index in [4.69, 9.17) is 0 Å². The van der Waals surface area contributed by atoms with Crippen molar-refractivity contribution < 1.29 is 4.79 Å². The molecule has 1 aromatic carbocycles. The topological polar surface area (TPSA) is 78.0 Å². The van der Waals surface area contributed by atoms with Crippen LogP contribution in [0.3, 0.4) is 0 Å². The molecule has 0 unspecified atom stereocenters. The maximum Gasteiger partial charge on any atom is 0.254 e. The van der Waals surface area contributed by atoms with E-state index < -0.39 is 0 Å². The van der Waals surface area contributed by atoms with Gasteiger partial charge in [0.25, 0.3) is 5.91 Å². The van der Waals surface area contributed by atoms with Gasteiger partial charge in [-0.2, -0.15) is 5.21 Å². The second kappa shape index (κ2) is 7.09. The highest BCUT2D eigenvalue weighted by Gasteiger charge is 2.36. The zero-order chi connectivity index (χ0) is 17.1. The highest BCUT2D eigenvalue weighted by Crippen LogP contribution is 2.28. The number of likely N-dealkylation sites (N-methyl/N-ethyl adjacent to an activating group) is 1. The first-order valence-electron chi connectivity index (χ1n) is 8.40. The van der Waals surface area contributed by atoms with Crippen molar-refractivity contribution in [2.75, 3.05) is 27.2 Å². The van der Waals surface area contributed by atoms with Crippen LogP contribution in [0.4, 0.5) is 0 Å². The number of aromatic nitrogens is 4. The largest absolute Gasteiger partial charge is 0.337 e. The third-order valence-electron chi connectivity index (χ3n) is 4.76. The zero-order valence-electron chi connectivity index (χ0n) is 14.4. The highest BCUT2D eigenvalue weighted by molar-refractivity contribution is 6.00. The van der Waals surface area contributed by atoms with Crippen molar-refractivity contribution in [1.82, 2.24) is 30.4 Å². The fourth-order valence-electron chi connectivity index (χ4n) is 3.57. The van der Waals surface area contributed by atoms with Gasteiger partial charge in [0.1, 0.15) is 0 Å². The lowest BCUT2D eigenvalue weighted by Gasteiger charge is -2.24. The zero-order valence-corrected chi connectivity index (χ0v) is 14.4. The van der Waals surface area contributed by atoms with Crippen LogP contribution < -0.4 is 0 Å². The number of nitrogens with one attached hydrogen (secondary N) is 1. The maximum absolute atomic E-state index is 13.1. The molecule has 1 saturated heterocycles. The number of rotatable bonds is 5. The van der Waals surface area contributed by atoms with Crippen LogP contribution >= 0.6 is 0 Å². The van der Waals surface area contributed by atoms with Gasteiger partial charge in [0.2, 0.25) is 5.82 Å². The summed E-state index contributed by atoms with van der Waals surface area (Å²) in [5.41, 5.74) is 1.35. The molecule has 24 heavy (non-hydrogen) atoms. The van der Waals surface area contributed by atoms with Crippen molar-refractivity contribution in [3.63, 3.8) is 0 Å². The minimum absolute atomic E-state index is 0.0425. The van der Waals surface area contributed by atoms with E-state index in [2.05, 4.69) is 46.5 Å². The number of tetrazole rings is 1. The number of benzene rings is 1. The normalized spacial score (nSPS) is 20.8. The summed E-state index contributed by atoms with van der Waals surface area (Å²) in [6, 6.07) is 7.87. The molecular weight excluding hydrogens is 304 g/mol. The standard InChI is InChI=1S/C17H24N6O/c1-4-7-12-10-23(11-15(12)22(2)3)17(24)14-9-6-5-8-13(14)16-18-20-21-19-16/h5-6,8-9,12,15H,4,7,10-11H2,1-3H3,(H,18,19,20,21)/t12-,15-/m1/s1. The summed E-state index contributed by atoms with van der Waals surface area (Å²) in [5.74, 6) is 1.01. The number of hydrogen-bond acceptors (Lipinski definition) is 5. The highest BCUT2D eigenvalue weighted by atomic mass is 16.2. The summed E-state index contributed by atoms with van der Waals surface area (Å²) in [5, 5.41) is 14.1. The molecule has 0 saturated carbocycles. The second-order valence-electron chi connectivity index (χ2n) is 6.57. The number of likely N-dealkylation sites (tertiary alicyclic amines) is 1. The molecule has 128 valence electrons. The lowest BCUT2D eigenvalue weighted by atomic mass is 9.98. The number of aromatic amines is 1. The predicted octanol–water partition coefficient (Wildman–Crippen LogP) is 1.67. The van der Waals surface area contributed by atoms with Crippen LogP contribution in [0.15, 0.2) is 24.3 Å². The number of carbonyl (C=O) groups is 1. The molecule has 2 aromatic rings. The van der Waals surface area contributed by atoms with Crippen molar-refractivity contribution >= 4 is 5.91 Å². The molecule has 1 aliphatic heterocycles. The molecule has 0 spiro atoms. The number of H-pyrrole nitrogens is 1. The first-order valence-corrected chi connectivity index (χ1v) is 8.40. The van der Waals surface area contributed by atoms with Gasteiger partial charge in [0, 0.05) is 24.7 Å². The van der Waals surface area contributed by atoms with E-state index in [-0.39, 0.29) is 5.91 Å². The van der Waals surface area contributed by atoms with E-state index in [1.165, 1.54) is 0 Å². The molecule has 1 N–H and O–H groups in total. The van der Waals surface area contributed by atoms with Crippen LogP contribution in [0.25, 0.3) is 11.4 Å². The fraction of sp³-hybridized carbons (Fsp3) is 0.529. The van der Waals surface area contributed by atoms with E-state index in [1.807, 2.05) is 29.2 Å². The van der Waals surface area contributed by atoms with E-state index in [0.717, 1.165) is 31.5 Å². The molecular formula is C17H24N6O.